The number of hydrogen-bond acceptors (Lipinski definition) is 3. The van der Waals surface area contributed by atoms with E-state index in [1.54, 1.807) is 0 Å². The third-order valence-corrected chi connectivity index (χ3v) is 3.07. The van der Waals surface area contributed by atoms with Crippen molar-refractivity contribution in [3.05, 3.63) is 42.1 Å². The Morgan fingerprint density at radius 1 is 1.06 bits per heavy atom. The van der Waals surface area contributed by atoms with Gasteiger partial charge in [0.25, 0.3) is 0 Å². The highest BCUT2D eigenvalue weighted by molar-refractivity contribution is 5.96. The predicted octanol–water partition coefficient (Wildman–Crippen LogP) is 2.98. The number of hydrogen-bond donors (Lipinski definition) is 2. The lowest BCUT2D eigenvalue weighted by Crippen LogP contribution is -1.95. The van der Waals surface area contributed by atoms with Crippen LogP contribution in [0.15, 0.2) is 36.4 Å². The Kier molecular flexibility index (Phi) is 2.48. The number of H-pyrrole nitrogens is 1. The SMILES string of the molecule is CNc1ccc(-c2c(C)[nH]c3ccccc23)nn1. The molecule has 0 aliphatic rings. The van der Waals surface area contributed by atoms with E-state index in [0.717, 1.165) is 28.3 Å². The van der Waals surface area contributed by atoms with Gasteiger partial charge in [0, 0.05) is 29.2 Å². The lowest BCUT2D eigenvalue weighted by Gasteiger charge is -2.02. The van der Waals surface area contributed by atoms with Crippen molar-refractivity contribution in [2.45, 2.75) is 6.92 Å². The molecule has 90 valence electrons. The fourth-order valence-electron chi connectivity index (χ4n) is 2.21. The standard InChI is InChI=1S/C14H14N4/c1-9-14(10-5-3-4-6-11(10)16-9)12-7-8-13(15-2)18-17-12/h3-8,16H,1-2H3,(H,15,18). The highest BCUT2D eigenvalue weighted by Crippen LogP contribution is 2.30. The van der Waals surface area contributed by atoms with Gasteiger partial charge >= 0.3 is 0 Å². The van der Waals surface area contributed by atoms with Crippen molar-refractivity contribution in [2.24, 2.45) is 0 Å². The zero-order chi connectivity index (χ0) is 12.5. The number of nitrogens with zero attached hydrogens (tertiary/aromatic N) is 2. The third-order valence-electron chi connectivity index (χ3n) is 3.07. The fourth-order valence-corrected chi connectivity index (χ4v) is 2.21. The van der Waals surface area contributed by atoms with Gasteiger partial charge in [-0.3, -0.25) is 0 Å². The lowest BCUT2D eigenvalue weighted by molar-refractivity contribution is 1.04. The summed E-state index contributed by atoms with van der Waals surface area (Å²) in [7, 11) is 1.83. The molecular weight excluding hydrogens is 224 g/mol. The normalized spacial score (nSPS) is 10.8. The molecule has 0 aliphatic carbocycles. The van der Waals surface area contributed by atoms with Gasteiger partial charge in [-0.15, -0.1) is 10.2 Å². The van der Waals surface area contributed by atoms with Crippen molar-refractivity contribution in [2.75, 3.05) is 12.4 Å². The molecule has 0 atom stereocenters. The van der Waals surface area contributed by atoms with Crippen LogP contribution in [0.25, 0.3) is 22.2 Å². The van der Waals surface area contributed by atoms with Gasteiger partial charge < -0.3 is 10.3 Å². The van der Waals surface area contributed by atoms with Crippen molar-refractivity contribution >= 4 is 16.7 Å². The molecule has 0 radical (unpaired) electrons. The van der Waals surface area contributed by atoms with Crippen molar-refractivity contribution in [3.8, 4) is 11.3 Å². The topological polar surface area (TPSA) is 53.6 Å². The van der Waals surface area contributed by atoms with E-state index in [-0.39, 0.29) is 0 Å². The fraction of sp³-hybridized carbons (Fsp3) is 0.143. The maximum absolute atomic E-state index is 4.27. The summed E-state index contributed by atoms with van der Waals surface area (Å²) in [6.45, 7) is 2.06. The zero-order valence-corrected chi connectivity index (χ0v) is 10.4. The summed E-state index contributed by atoms with van der Waals surface area (Å²) in [6.07, 6.45) is 0. The molecule has 1 aromatic carbocycles. The molecule has 0 spiro atoms. The molecule has 0 fully saturated rings. The van der Waals surface area contributed by atoms with Gasteiger partial charge in [0.2, 0.25) is 0 Å². The second kappa shape index (κ2) is 4.14. The molecule has 2 N–H and O–H groups in total. The van der Waals surface area contributed by atoms with Crippen LogP contribution in [0, 0.1) is 6.92 Å². The molecule has 0 aliphatic heterocycles. The second-order valence-corrected chi connectivity index (χ2v) is 4.22. The molecule has 3 rings (SSSR count). The van der Waals surface area contributed by atoms with Crippen LogP contribution in [0.3, 0.4) is 0 Å². The van der Waals surface area contributed by atoms with E-state index in [1.807, 2.05) is 31.3 Å². The summed E-state index contributed by atoms with van der Waals surface area (Å²) in [4.78, 5) is 3.37. The lowest BCUT2D eigenvalue weighted by atomic mass is 10.1. The zero-order valence-electron chi connectivity index (χ0n) is 10.4. The number of rotatable bonds is 2. The quantitative estimate of drug-likeness (QED) is 0.721. The third kappa shape index (κ3) is 1.62. The molecule has 3 aromatic rings. The monoisotopic (exact) mass is 238 g/mol. The predicted molar refractivity (Wildman–Crippen MR) is 73.6 cm³/mol. The maximum atomic E-state index is 4.27. The number of para-hydroxylation sites is 1. The first kappa shape index (κ1) is 10.8. The molecule has 18 heavy (non-hydrogen) atoms. The van der Waals surface area contributed by atoms with Gasteiger partial charge in [0.15, 0.2) is 0 Å². The number of fused-ring (bicyclic) bond motifs is 1. The van der Waals surface area contributed by atoms with Gasteiger partial charge in [-0.1, -0.05) is 18.2 Å². The van der Waals surface area contributed by atoms with E-state index in [9.17, 15) is 0 Å². The number of aromatic nitrogens is 3. The Bertz CT molecular complexity index is 683. The molecule has 0 unspecified atom stereocenters. The molecular formula is C14H14N4. The summed E-state index contributed by atoms with van der Waals surface area (Å²) in [5.74, 6) is 0.774. The Hall–Kier alpha value is -2.36. The molecule has 0 bridgehead atoms. The minimum atomic E-state index is 0.774. The minimum absolute atomic E-state index is 0.774. The Morgan fingerprint density at radius 3 is 2.61 bits per heavy atom. The van der Waals surface area contributed by atoms with Crippen LogP contribution in [0.1, 0.15) is 5.69 Å². The molecule has 0 amide bonds. The molecule has 4 heteroatoms. The van der Waals surface area contributed by atoms with Gasteiger partial charge in [0.05, 0.1) is 5.69 Å². The first-order valence-electron chi connectivity index (χ1n) is 5.89. The number of anilines is 1. The van der Waals surface area contributed by atoms with Gasteiger partial charge in [0.1, 0.15) is 5.82 Å². The highest BCUT2D eigenvalue weighted by atomic mass is 15.2. The summed E-state index contributed by atoms with van der Waals surface area (Å²) in [5.41, 5.74) is 4.26. The van der Waals surface area contributed by atoms with E-state index in [4.69, 9.17) is 0 Å². The average molecular weight is 238 g/mol. The number of aromatic amines is 1. The van der Waals surface area contributed by atoms with E-state index >= 15 is 0 Å². The summed E-state index contributed by atoms with van der Waals surface area (Å²) in [5, 5.41) is 12.5. The molecule has 4 nitrogen and oxygen atoms in total. The summed E-state index contributed by atoms with van der Waals surface area (Å²) >= 11 is 0. The van der Waals surface area contributed by atoms with Gasteiger partial charge in [-0.2, -0.15) is 0 Å². The number of nitrogens with one attached hydrogen (secondary N) is 2. The average Bonchev–Trinajstić information content (AvgIpc) is 2.75. The van der Waals surface area contributed by atoms with Crippen molar-refractivity contribution in [1.29, 1.82) is 0 Å². The molecule has 0 saturated heterocycles. The van der Waals surface area contributed by atoms with Crippen LogP contribution in [-0.4, -0.2) is 22.2 Å². The van der Waals surface area contributed by atoms with E-state index in [2.05, 4.69) is 39.6 Å². The van der Waals surface area contributed by atoms with Crippen LogP contribution in [0.5, 0.6) is 0 Å². The van der Waals surface area contributed by atoms with Crippen LogP contribution in [0.2, 0.25) is 0 Å². The highest BCUT2D eigenvalue weighted by Gasteiger charge is 2.11. The van der Waals surface area contributed by atoms with Crippen LogP contribution < -0.4 is 5.32 Å². The van der Waals surface area contributed by atoms with Crippen molar-refractivity contribution in [1.82, 2.24) is 15.2 Å². The van der Waals surface area contributed by atoms with Crippen LogP contribution in [-0.2, 0) is 0 Å². The smallest absolute Gasteiger partial charge is 0.148 e. The van der Waals surface area contributed by atoms with E-state index in [0.29, 0.717) is 0 Å². The largest absolute Gasteiger partial charge is 0.372 e. The van der Waals surface area contributed by atoms with Gasteiger partial charge in [-0.25, -0.2) is 0 Å². The second-order valence-electron chi connectivity index (χ2n) is 4.22. The maximum Gasteiger partial charge on any atom is 0.148 e. The summed E-state index contributed by atoms with van der Waals surface area (Å²) in [6, 6.07) is 12.2. The van der Waals surface area contributed by atoms with E-state index < -0.39 is 0 Å². The number of benzene rings is 1. The van der Waals surface area contributed by atoms with Crippen molar-refractivity contribution < 1.29 is 0 Å². The molecule has 2 heterocycles. The Labute approximate surface area is 105 Å². The summed E-state index contributed by atoms with van der Waals surface area (Å²) < 4.78 is 0. The Morgan fingerprint density at radius 2 is 1.89 bits per heavy atom. The molecule has 0 saturated carbocycles. The first-order chi connectivity index (χ1) is 8.79. The van der Waals surface area contributed by atoms with Crippen molar-refractivity contribution in [3.63, 3.8) is 0 Å². The van der Waals surface area contributed by atoms with Crippen LogP contribution in [0.4, 0.5) is 5.82 Å². The number of aryl methyl sites for hydroxylation is 1. The van der Waals surface area contributed by atoms with Crippen LogP contribution >= 0.6 is 0 Å². The minimum Gasteiger partial charge on any atom is -0.372 e. The van der Waals surface area contributed by atoms with Gasteiger partial charge in [-0.05, 0) is 25.1 Å². The molecule has 2 aromatic heterocycles. The Balaban J connectivity index is 2.20. The van der Waals surface area contributed by atoms with E-state index in [1.165, 1.54) is 5.39 Å². The first-order valence-corrected chi connectivity index (χ1v) is 5.89.